The van der Waals surface area contributed by atoms with Gasteiger partial charge in [-0.1, -0.05) is 0 Å². The third-order valence-electron chi connectivity index (χ3n) is 3.64. The van der Waals surface area contributed by atoms with E-state index in [1.165, 1.54) is 0 Å². The number of nitrogens with one attached hydrogen (secondary N) is 1. The molecule has 0 spiro atoms. The fourth-order valence-corrected chi connectivity index (χ4v) is 3.74. The highest BCUT2D eigenvalue weighted by atomic mass is 32.2. The lowest BCUT2D eigenvalue weighted by Crippen LogP contribution is -2.43. The number of aromatic nitrogens is 1. The van der Waals surface area contributed by atoms with Crippen molar-refractivity contribution in [2.75, 3.05) is 20.1 Å². The Kier molecular flexibility index (Phi) is 4.29. The van der Waals surface area contributed by atoms with E-state index in [-0.39, 0.29) is 6.04 Å². The van der Waals surface area contributed by atoms with Gasteiger partial charge in [-0.15, -0.1) is 0 Å². The minimum Gasteiger partial charge on any atom is -0.352 e. The van der Waals surface area contributed by atoms with Gasteiger partial charge in [0.25, 0.3) is 0 Å². The van der Waals surface area contributed by atoms with Gasteiger partial charge >= 0.3 is 0 Å². The van der Waals surface area contributed by atoms with E-state index in [0.29, 0.717) is 11.4 Å². The summed E-state index contributed by atoms with van der Waals surface area (Å²) < 4.78 is 29.1. The molecule has 0 bridgehead atoms. The lowest BCUT2D eigenvalue weighted by molar-refractivity contribution is 0.248. The van der Waals surface area contributed by atoms with Crippen LogP contribution in [0.15, 0.2) is 17.2 Å². The molecule has 1 fully saturated rings. The van der Waals surface area contributed by atoms with Crippen LogP contribution in [0.5, 0.6) is 0 Å². The molecule has 2 heterocycles. The van der Waals surface area contributed by atoms with Gasteiger partial charge in [0.15, 0.2) is 0 Å². The zero-order valence-corrected chi connectivity index (χ0v) is 12.3. The summed E-state index contributed by atoms with van der Waals surface area (Å²) in [4.78, 5) is 2.51. The van der Waals surface area contributed by atoms with E-state index in [2.05, 4.69) is 16.7 Å². The molecule has 0 amide bonds. The predicted molar refractivity (Wildman–Crippen MR) is 74.1 cm³/mol. The van der Waals surface area contributed by atoms with Gasteiger partial charge in [0.1, 0.15) is 0 Å². The van der Waals surface area contributed by atoms with E-state index in [1.54, 1.807) is 23.9 Å². The molecule has 3 N–H and O–H groups in total. The molecule has 0 unspecified atom stereocenters. The SMILES string of the molecule is CN1CCC(NS(=O)(=O)c2cc(CN)n(C)c2)CC1. The Morgan fingerprint density at radius 1 is 1.37 bits per heavy atom. The average molecular weight is 286 g/mol. The van der Waals surface area contributed by atoms with Gasteiger partial charge in [0, 0.05) is 31.5 Å². The lowest BCUT2D eigenvalue weighted by atomic mass is 10.1. The summed E-state index contributed by atoms with van der Waals surface area (Å²) in [6.45, 7) is 2.19. The first-order valence-electron chi connectivity index (χ1n) is 6.48. The number of sulfonamides is 1. The molecule has 1 aliphatic rings. The van der Waals surface area contributed by atoms with Crippen LogP contribution >= 0.6 is 0 Å². The van der Waals surface area contributed by atoms with Crippen LogP contribution in [0.1, 0.15) is 18.5 Å². The number of aryl methyl sites for hydroxylation is 1. The Labute approximate surface area is 114 Å². The normalized spacial score (nSPS) is 18.9. The van der Waals surface area contributed by atoms with Gasteiger partial charge in [-0.05, 0) is 39.0 Å². The molecular weight excluding hydrogens is 264 g/mol. The Bertz CT molecular complexity index is 530. The van der Waals surface area contributed by atoms with Crippen LogP contribution in [0.3, 0.4) is 0 Å². The molecule has 2 rings (SSSR count). The summed E-state index contributed by atoms with van der Waals surface area (Å²) >= 11 is 0. The second-order valence-corrected chi connectivity index (χ2v) is 6.89. The van der Waals surface area contributed by atoms with E-state index in [4.69, 9.17) is 5.73 Å². The van der Waals surface area contributed by atoms with Gasteiger partial charge in [0.05, 0.1) is 4.90 Å². The van der Waals surface area contributed by atoms with E-state index in [1.807, 2.05) is 0 Å². The molecule has 0 saturated carbocycles. The van der Waals surface area contributed by atoms with Crippen LogP contribution in [-0.4, -0.2) is 44.1 Å². The van der Waals surface area contributed by atoms with E-state index >= 15 is 0 Å². The van der Waals surface area contributed by atoms with Gasteiger partial charge in [-0.25, -0.2) is 13.1 Å². The Balaban J connectivity index is 2.09. The summed E-state index contributed by atoms with van der Waals surface area (Å²) in [5, 5.41) is 0. The molecule has 1 aromatic rings. The van der Waals surface area contributed by atoms with Crippen molar-refractivity contribution < 1.29 is 8.42 Å². The second-order valence-electron chi connectivity index (χ2n) is 5.18. The number of likely N-dealkylation sites (tertiary alicyclic amines) is 1. The molecule has 6 nitrogen and oxygen atoms in total. The number of nitrogens with zero attached hydrogens (tertiary/aromatic N) is 2. The second kappa shape index (κ2) is 5.62. The number of hydrogen-bond acceptors (Lipinski definition) is 4. The minimum absolute atomic E-state index is 0.0303. The maximum Gasteiger partial charge on any atom is 0.242 e. The first-order valence-corrected chi connectivity index (χ1v) is 7.97. The Morgan fingerprint density at radius 3 is 2.53 bits per heavy atom. The molecule has 1 saturated heterocycles. The maximum atomic E-state index is 12.3. The van der Waals surface area contributed by atoms with Crippen molar-refractivity contribution in [1.82, 2.24) is 14.2 Å². The summed E-state index contributed by atoms with van der Waals surface area (Å²) in [5.74, 6) is 0. The summed E-state index contributed by atoms with van der Waals surface area (Å²) in [5.41, 5.74) is 6.37. The molecule has 0 aliphatic carbocycles. The highest BCUT2D eigenvalue weighted by molar-refractivity contribution is 7.89. The molecule has 1 aromatic heterocycles. The van der Waals surface area contributed by atoms with Gasteiger partial charge < -0.3 is 15.2 Å². The number of hydrogen-bond donors (Lipinski definition) is 2. The number of rotatable bonds is 4. The molecule has 0 aromatic carbocycles. The fourth-order valence-electron chi connectivity index (χ4n) is 2.34. The molecular formula is C12H22N4O2S. The zero-order valence-electron chi connectivity index (χ0n) is 11.5. The summed E-state index contributed by atoms with van der Waals surface area (Å²) in [6.07, 6.45) is 3.32. The van der Waals surface area contributed by atoms with Crippen LogP contribution in [0.2, 0.25) is 0 Å². The standard InChI is InChI=1S/C12H22N4O2S/c1-15-5-3-10(4-6-15)14-19(17,18)12-7-11(8-13)16(2)9-12/h7,9-10,14H,3-6,8,13H2,1-2H3. The third kappa shape index (κ3) is 3.36. The number of nitrogens with two attached hydrogens (primary N) is 1. The molecule has 19 heavy (non-hydrogen) atoms. The summed E-state index contributed by atoms with van der Waals surface area (Å²) in [7, 11) is 0.419. The van der Waals surface area contributed by atoms with Crippen LogP contribution in [0.25, 0.3) is 0 Å². The van der Waals surface area contributed by atoms with Gasteiger partial charge in [-0.3, -0.25) is 0 Å². The fraction of sp³-hybridized carbons (Fsp3) is 0.667. The molecule has 7 heteroatoms. The van der Waals surface area contributed by atoms with Crippen LogP contribution in [-0.2, 0) is 23.6 Å². The van der Waals surface area contributed by atoms with Crippen LogP contribution < -0.4 is 10.5 Å². The van der Waals surface area contributed by atoms with Crippen molar-refractivity contribution in [3.05, 3.63) is 18.0 Å². The highest BCUT2D eigenvalue weighted by Gasteiger charge is 2.24. The largest absolute Gasteiger partial charge is 0.352 e. The van der Waals surface area contributed by atoms with Crippen LogP contribution in [0.4, 0.5) is 0 Å². The van der Waals surface area contributed by atoms with Crippen molar-refractivity contribution in [2.24, 2.45) is 12.8 Å². The Hall–Kier alpha value is -0.890. The molecule has 108 valence electrons. The first kappa shape index (κ1) is 14.5. The monoisotopic (exact) mass is 286 g/mol. The average Bonchev–Trinajstić information content (AvgIpc) is 2.74. The maximum absolute atomic E-state index is 12.3. The van der Waals surface area contributed by atoms with Crippen molar-refractivity contribution in [3.8, 4) is 0 Å². The van der Waals surface area contributed by atoms with Gasteiger partial charge in [-0.2, -0.15) is 0 Å². The van der Waals surface area contributed by atoms with E-state index in [9.17, 15) is 8.42 Å². The predicted octanol–water partition coefficient (Wildman–Crippen LogP) is -0.144. The summed E-state index contributed by atoms with van der Waals surface area (Å²) in [6, 6.07) is 1.67. The smallest absolute Gasteiger partial charge is 0.242 e. The molecule has 0 radical (unpaired) electrons. The lowest BCUT2D eigenvalue weighted by Gasteiger charge is -2.29. The van der Waals surface area contributed by atoms with Crippen molar-refractivity contribution in [1.29, 1.82) is 0 Å². The molecule has 1 aliphatic heterocycles. The third-order valence-corrected chi connectivity index (χ3v) is 5.13. The Morgan fingerprint density at radius 2 is 2.00 bits per heavy atom. The number of piperidine rings is 1. The highest BCUT2D eigenvalue weighted by Crippen LogP contribution is 2.16. The van der Waals surface area contributed by atoms with E-state index < -0.39 is 10.0 Å². The topological polar surface area (TPSA) is 80.4 Å². The first-order chi connectivity index (χ1) is 8.92. The van der Waals surface area contributed by atoms with Crippen molar-refractivity contribution >= 4 is 10.0 Å². The van der Waals surface area contributed by atoms with Crippen molar-refractivity contribution in [2.45, 2.75) is 30.3 Å². The minimum atomic E-state index is -3.43. The quantitative estimate of drug-likeness (QED) is 0.807. The zero-order chi connectivity index (χ0) is 14.0. The van der Waals surface area contributed by atoms with Crippen LogP contribution in [0, 0.1) is 0 Å². The molecule has 0 atom stereocenters. The van der Waals surface area contributed by atoms with E-state index in [0.717, 1.165) is 31.6 Å². The van der Waals surface area contributed by atoms with Gasteiger partial charge in [0.2, 0.25) is 10.0 Å². The van der Waals surface area contributed by atoms with Crippen molar-refractivity contribution in [3.63, 3.8) is 0 Å².